The van der Waals surface area contributed by atoms with Crippen LogP contribution >= 0.6 is 11.3 Å². The first-order valence-corrected chi connectivity index (χ1v) is 6.03. The van der Waals surface area contributed by atoms with Crippen LogP contribution in [0.1, 0.15) is 5.56 Å². The molecule has 1 nitrogen and oxygen atoms in total. The minimum absolute atomic E-state index is 0. The van der Waals surface area contributed by atoms with Crippen molar-refractivity contribution < 1.29 is 20.1 Å². The quantitative estimate of drug-likeness (QED) is 0.545. The summed E-state index contributed by atoms with van der Waals surface area (Å²) in [5.74, 6) is 0. The van der Waals surface area contributed by atoms with Crippen molar-refractivity contribution in [2.45, 2.75) is 6.92 Å². The van der Waals surface area contributed by atoms with Crippen LogP contribution in [0.4, 0.5) is 0 Å². The number of benzene rings is 1. The molecule has 0 aliphatic heterocycles. The van der Waals surface area contributed by atoms with Crippen molar-refractivity contribution >= 4 is 21.4 Å². The van der Waals surface area contributed by atoms with Crippen LogP contribution in [0, 0.1) is 13.0 Å². The Morgan fingerprint density at radius 3 is 2.82 bits per heavy atom. The van der Waals surface area contributed by atoms with Gasteiger partial charge in [0, 0.05) is 31.0 Å². The van der Waals surface area contributed by atoms with Gasteiger partial charge in [-0.2, -0.15) is 0 Å². The molecule has 0 atom stereocenters. The van der Waals surface area contributed by atoms with Crippen molar-refractivity contribution in [2.75, 3.05) is 0 Å². The predicted molar refractivity (Wildman–Crippen MR) is 68.6 cm³/mol. The summed E-state index contributed by atoms with van der Waals surface area (Å²) < 4.78 is 1.28. The third-order valence-electron chi connectivity index (χ3n) is 2.60. The maximum atomic E-state index is 4.45. The summed E-state index contributed by atoms with van der Waals surface area (Å²) >= 11 is 1.75. The minimum Gasteiger partial charge on any atom is -0.304 e. The average molecular weight is 417 g/mol. The Kier molecular flexibility index (Phi) is 3.72. The normalized spacial score (nSPS) is 10.2. The van der Waals surface area contributed by atoms with Gasteiger partial charge < -0.3 is 4.98 Å². The molecule has 17 heavy (non-hydrogen) atoms. The van der Waals surface area contributed by atoms with Gasteiger partial charge in [0.05, 0.1) is 0 Å². The summed E-state index contributed by atoms with van der Waals surface area (Å²) in [6.07, 6.45) is 1.86. The van der Waals surface area contributed by atoms with Crippen LogP contribution in [0.3, 0.4) is 0 Å². The molecule has 2 aromatic heterocycles. The van der Waals surface area contributed by atoms with E-state index in [0.717, 1.165) is 11.3 Å². The summed E-state index contributed by atoms with van der Waals surface area (Å²) in [6.45, 7) is 2.07. The van der Waals surface area contributed by atoms with Gasteiger partial charge in [-0.3, -0.25) is 0 Å². The van der Waals surface area contributed by atoms with Gasteiger partial charge in [-0.25, -0.2) is 0 Å². The molecule has 0 spiro atoms. The molecule has 3 rings (SSSR count). The second-order valence-corrected chi connectivity index (χ2v) is 4.72. The van der Waals surface area contributed by atoms with E-state index in [1.54, 1.807) is 11.3 Å². The summed E-state index contributed by atoms with van der Waals surface area (Å²) in [6, 6.07) is 13.6. The summed E-state index contributed by atoms with van der Waals surface area (Å²) in [5.41, 5.74) is 3.31. The van der Waals surface area contributed by atoms with Crippen molar-refractivity contribution in [1.29, 1.82) is 0 Å². The molecule has 0 saturated heterocycles. The molecule has 3 heteroatoms. The zero-order valence-electron chi connectivity index (χ0n) is 9.23. The molecule has 0 amide bonds. The number of hydrogen-bond acceptors (Lipinski definition) is 2. The number of rotatable bonds is 1. The number of pyridine rings is 1. The van der Waals surface area contributed by atoms with E-state index in [1.165, 1.54) is 15.6 Å². The number of nitrogens with zero attached hydrogens (tertiary/aromatic N) is 1. The Balaban J connectivity index is 0.00000108. The third-order valence-corrected chi connectivity index (χ3v) is 3.49. The first-order valence-electron chi connectivity index (χ1n) is 5.15. The van der Waals surface area contributed by atoms with Crippen molar-refractivity contribution in [1.82, 2.24) is 4.98 Å². The summed E-state index contributed by atoms with van der Waals surface area (Å²) in [5, 5.41) is 3.32. The fourth-order valence-corrected chi connectivity index (χ4v) is 2.54. The molecule has 0 aliphatic carbocycles. The van der Waals surface area contributed by atoms with E-state index in [-0.39, 0.29) is 20.1 Å². The van der Waals surface area contributed by atoms with E-state index in [9.17, 15) is 0 Å². The van der Waals surface area contributed by atoms with Gasteiger partial charge >= 0.3 is 0 Å². The van der Waals surface area contributed by atoms with Crippen LogP contribution in [0.2, 0.25) is 0 Å². The maximum Gasteiger partial charge on any atom is 0.0286 e. The van der Waals surface area contributed by atoms with Gasteiger partial charge in [0.2, 0.25) is 0 Å². The largest absolute Gasteiger partial charge is 0.304 e. The molecule has 1 aromatic carbocycles. The first kappa shape index (κ1) is 12.4. The van der Waals surface area contributed by atoms with E-state index in [2.05, 4.69) is 47.6 Å². The van der Waals surface area contributed by atoms with E-state index < -0.39 is 0 Å². The summed E-state index contributed by atoms with van der Waals surface area (Å²) in [4.78, 5) is 4.45. The van der Waals surface area contributed by atoms with Crippen molar-refractivity contribution in [3.8, 4) is 11.3 Å². The zero-order valence-corrected chi connectivity index (χ0v) is 12.4. The average Bonchev–Trinajstić information content (AvgIpc) is 2.78. The Bertz CT molecular complexity index is 628. The maximum absolute atomic E-state index is 4.45. The SMILES string of the molecule is Cc1c[c-]c(-c2nccc3sccc23)cc1.[Ir]. The molecule has 0 N–H and O–H groups in total. The van der Waals surface area contributed by atoms with E-state index in [1.807, 2.05) is 12.3 Å². The minimum atomic E-state index is 0. The smallest absolute Gasteiger partial charge is 0.0286 e. The van der Waals surface area contributed by atoms with E-state index >= 15 is 0 Å². The Morgan fingerprint density at radius 2 is 2.06 bits per heavy atom. The monoisotopic (exact) mass is 417 g/mol. The van der Waals surface area contributed by atoms with Gasteiger partial charge in [0.15, 0.2) is 0 Å². The molecule has 2 heterocycles. The van der Waals surface area contributed by atoms with Crippen molar-refractivity contribution in [3.63, 3.8) is 0 Å². The third kappa shape index (κ3) is 2.32. The molecular formula is C14H10IrNS-. The molecule has 0 fully saturated rings. The van der Waals surface area contributed by atoms with Gasteiger partial charge in [0.1, 0.15) is 0 Å². The topological polar surface area (TPSA) is 12.9 Å². The van der Waals surface area contributed by atoms with Gasteiger partial charge in [-0.15, -0.1) is 46.7 Å². The number of aryl methyl sites for hydroxylation is 1. The molecule has 0 aliphatic rings. The second kappa shape index (κ2) is 5.09. The van der Waals surface area contributed by atoms with Crippen LogP contribution in [-0.4, -0.2) is 4.98 Å². The van der Waals surface area contributed by atoms with Crippen molar-refractivity contribution in [3.05, 3.63) is 53.5 Å². The molecule has 1 radical (unpaired) electrons. The number of hydrogen-bond donors (Lipinski definition) is 0. The standard InChI is InChI=1S/C14H10NS.Ir/c1-10-2-4-11(5-3-10)14-12-7-9-16-13(12)6-8-15-14;/h2-4,6-9H,1H3;/q-1;. The zero-order chi connectivity index (χ0) is 11.0. The van der Waals surface area contributed by atoms with Gasteiger partial charge in [-0.1, -0.05) is 13.0 Å². The molecule has 87 valence electrons. The van der Waals surface area contributed by atoms with E-state index in [4.69, 9.17) is 0 Å². The van der Waals surface area contributed by atoms with Crippen LogP contribution in [-0.2, 0) is 20.1 Å². The van der Waals surface area contributed by atoms with Gasteiger partial charge in [-0.05, 0) is 22.5 Å². The molecular weight excluding hydrogens is 406 g/mol. The predicted octanol–water partition coefficient (Wildman–Crippen LogP) is 4.07. The van der Waals surface area contributed by atoms with Crippen LogP contribution < -0.4 is 0 Å². The second-order valence-electron chi connectivity index (χ2n) is 3.77. The van der Waals surface area contributed by atoms with Crippen LogP contribution in [0.25, 0.3) is 21.3 Å². The van der Waals surface area contributed by atoms with Crippen LogP contribution in [0.15, 0.2) is 41.9 Å². The number of aromatic nitrogens is 1. The molecule has 3 aromatic rings. The molecule has 0 saturated carbocycles. The number of thiophene rings is 1. The van der Waals surface area contributed by atoms with Crippen LogP contribution in [0.5, 0.6) is 0 Å². The fourth-order valence-electron chi connectivity index (χ4n) is 1.76. The Labute approximate surface area is 118 Å². The van der Waals surface area contributed by atoms with Crippen molar-refractivity contribution in [2.24, 2.45) is 0 Å². The Morgan fingerprint density at radius 1 is 1.18 bits per heavy atom. The summed E-state index contributed by atoms with van der Waals surface area (Å²) in [7, 11) is 0. The first-order chi connectivity index (χ1) is 7.84. The Hall–Kier alpha value is -1.02. The van der Waals surface area contributed by atoms with Gasteiger partial charge in [0.25, 0.3) is 0 Å². The fraction of sp³-hybridized carbons (Fsp3) is 0.0714. The molecule has 0 bridgehead atoms. The molecule has 0 unspecified atom stereocenters. The van der Waals surface area contributed by atoms with E-state index in [0.29, 0.717) is 0 Å². The number of fused-ring (bicyclic) bond motifs is 1.